The Hall–Kier alpha value is -2.01. The summed E-state index contributed by atoms with van der Waals surface area (Å²) in [6.07, 6.45) is 3.37. The van der Waals surface area contributed by atoms with Gasteiger partial charge in [0.25, 0.3) is 0 Å². The quantitative estimate of drug-likeness (QED) is 0.395. The Bertz CT molecular complexity index is 469. The highest BCUT2D eigenvalue weighted by Gasteiger charge is 2.55. The molecule has 1 amide bonds. The van der Waals surface area contributed by atoms with Crippen molar-refractivity contribution in [3.63, 3.8) is 0 Å². The number of aliphatic hydroxyl groups is 3. The zero-order chi connectivity index (χ0) is 13.5. The van der Waals surface area contributed by atoms with Crippen LogP contribution in [0.15, 0.2) is 24.6 Å². The molecule has 0 aromatic heterocycles. The van der Waals surface area contributed by atoms with E-state index in [1.807, 2.05) is 5.92 Å². The van der Waals surface area contributed by atoms with E-state index in [0.29, 0.717) is 0 Å². The van der Waals surface area contributed by atoms with E-state index in [4.69, 9.17) is 11.2 Å². The number of hydrogen-bond acceptors (Lipinski definition) is 6. The van der Waals surface area contributed by atoms with E-state index in [-0.39, 0.29) is 5.76 Å². The molecule has 7 nitrogen and oxygen atoms in total. The third-order valence-corrected chi connectivity index (χ3v) is 2.82. The predicted molar refractivity (Wildman–Crippen MR) is 58.9 cm³/mol. The molecule has 96 valence electrons. The highest BCUT2D eigenvalue weighted by Crippen LogP contribution is 2.35. The molecule has 0 aromatic carbocycles. The van der Waals surface area contributed by atoms with Crippen molar-refractivity contribution >= 4 is 5.91 Å². The summed E-state index contributed by atoms with van der Waals surface area (Å²) in [5.41, 5.74) is -2.07. The summed E-state index contributed by atoms with van der Waals surface area (Å²) in [4.78, 5) is 12.1. The van der Waals surface area contributed by atoms with Crippen LogP contribution in [-0.4, -0.2) is 50.4 Å². The van der Waals surface area contributed by atoms with Gasteiger partial charge in [0.15, 0.2) is 6.10 Å². The number of terminal acetylenes is 1. The summed E-state index contributed by atoms with van der Waals surface area (Å²) in [6, 6.07) is 0. The molecule has 4 atom stereocenters. The van der Waals surface area contributed by atoms with Gasteiger partial charge in [-0.25, -0.2) is 0 Å². The third-order valence-electron chi connectivity index (χ3n) is 2.82. The van der Waals surface area contributed by atoms with Crippen LogP contribution in [0.4, 0.5) is 0 Å². The second kappa shape index (κ2) is 4.03. The summed E-state index contributed by atoms with van der Waals surface area (Å²) in [5, 5.41) is 31.7. The molecule has 2 rings (SSSR count). The van der Waals surface area contributed by atoms with Gasteiger partial charge in [0.1, 0.15) is 5.76 Å². The van der Waals surface area contributed by atoms with Gasteiger partial charge in [0.2, 0.25) is 24.1 Å². The van der Waals surface area contributed by atoms with E-state index < -0.39 is 30.2 Å². The van der Waals surface area contributed by atoms with Crippen molar-refractivity contribution in [2.75, 3.05) is 0 Å². The molecule has 2 heterocycles. The van der Waals surface area contributed by atoms with Crippen LogP contribution in [0.25, 0.3) is 0 Å². The van der Waals surface area contributed by atoms with E-state index in [1.54, 1.807) is 0 Å². The highest BCUT2D eigenvalue weighted by molar-refractivity contribution is 5.88. The maximum absolute atomic E-state index is 11.0. The molecule has 0 aliphatic carbocycles. The van der Waals surface area contributed by atoms with Crippen LogP contribution in [-0.2, 0) is 9.53 Å². The van der Waals surface area contributed by atoms with Gasteiger partial charge < -0.3 is 25.4 Å². The molecule has 0 aromatic rings. The minimum Gasteiger partial charge on any atom is -0.468 e. The molecule has 0 saturated carbocycles. The molecular weight excluding hydrogens is 240 g/mol. The van der Waals surface area contributed by atoms with Gasteiger partial charge in [-0.05, 0) is 0 Å². The molecule has 0 spiro atoms. The molecule has 1 unspecified atom stereocenters. The molecule has 2 aliphatic heterocycles. The maximum Gasteiger partial charge on any atom is 0.248 e. The van der Waals surface area contributed by atoms with Crippen molar-refractivity contribution in [2.45, 2.75) is 24.3 Å². The van der Waals surface area contributed by atoms with Crippen LogP contribution < -0.4 is 5.32 Å². The van der Waals surface area contributed by atoms with Crippen molar-refractivity contribution in [1.82, 2.24) is 10.2 Å². The van der Waals surface area contributed by atoms with Crippen molar-refractivity contribution in [3.05, 3.63) is 24.6 Å². The largest absolute Gasteiger partial charge is 0.468 e. The fourth-order valence-corrected chi connectivity index (χ4v) is 1.81. The normalized spacial score (nSPS) is 39.2. The average molecular weight is 252 g/mol. The van der Waals surface area contributed by atoms with Gasteiger partial charge in [-0.15, -0.1) is 6.42 Å². The number of carbonyl (C=O) groups excluding carboxylic acids is 1. The standard InChI is InChI=1S/C11H12N2O5/c1-3-11(17)8(15)6(2)18-9(11)13-5-4-7(14)12-10(13)16/h1,4-5,8-10,15-17H,2H2,(H,12,14)/t8-,9-,10?,11-/m1/s1. The van der Waals surface area contributed by atoms with Crippen molar-refractivity contribution in [3.8, 4) is 12.3 Å². The smallest absolute Gasteiger partial charge is 0.248 e. The van der Waals surface area contributed by atoms with Crippen molar-refractivity contribution < 1.29 is 24.9 Å². The number of amides is 1. The van der Waals surface area contributed by atoms with Crippen molar-refractivity contribution in [1.29, 1.82) is 0 Å². The Morgan fingerprint density at radius 2 is 2.28 bits per heavy atom. The van der Waals surface area contributed by atoms with Gasteiger partial charge in [-0.2, -0.15) is 0 Å². The van der Waals surface area contributed by atoms with E-state index in [0.717, 1.165) is 11.0 Å². The van der Waals surface area contributed by atoms with Gasteiger partial charge in [0, 0.05) is 12.3 Å². The van der Waals surface area contributed by atoms with Crippen molar-refractivity contribution in [2.24, 2.45) is 0 Å². The molecule has 18 heavy (non-hydrogen) atoms. The topological polar surface area (TPSA) is 102 Å². The summed E-state index contributed by atoms with van der Waals surface area (Å²) in [6.45, 7) is 3.42. The maximum atomic E-state index is 11.0. The molecular formula is C11H12N2O5. The fourth-order valence-electron chi connectivity index (χ4n) is 1.81. The van der Waals surface area contributed by atoms with Crippen LogP contribution >= 0.6 is 0 Å². The number of nitrogens with zero attached hydrogens (tertiary/aromatic N) is 1. The third kappa shape index (κ3) is 1.64. The van der Waals surface area contributed by atoms with E-state index in [2.05, 4.69) is 11.9 Å². The van der Waals surface area contributed by atoms with Crippen LogP contribution in [0.5, 0.6) is 0 Å². The fraction of sp³-hybridized carbons (Fsp3) is 0.364. The number of carbonyl (C=O) groups is 1. The number of aliphatic hydroxyl groups excluding tert-OH is 2. The summed E-state index contributed by atoms with van der Waals surface area (Å²) in [7, 11) is 0. The van der Waals surface area contributed by atoms with Crippen LogP contribution in [0, 0.1) is 12.3 Å². The first-order chi connectivity index (χ1) is 8.40. The average Bonchev–Trinajstić information content (AvgIpc) is 2.55. The Morgan fingerprint density at radius 1 is 1.61 bits per heavy atom. The molecule has 7 heteroatoms. The van der Waals surface area contributed by atoms with Crippen LogP contribution in [0.2, 0.25) is 0 Å². The number of hydrogen-bond donors (Lipinski definition) is 4. The first kappa shape index (κ1) is 12.4. The number of nitrogens with one attached hydrogen (secondary N) is 1. The molecule has 1 fully saturated rings. The van der Waals surface area contributed by atoms with Gasteiger partial charge >= 0.3 is 0 Å². The molecule has 1 saturated heterocycles. The number of rotatable bonds is 1. The Morgan fingerprint density at radius 3 is 2.83 bits per heavy atom. The lowest BCUT2D eigenvalue weighted by Gasteiger charge is -2.37. The van der Waals surface area contributed by atoms with Gasteiger partial charge in [-0.3, -0.25) is 9.69 Å². The minimum absolute atomic E-state index is 0.113. The molecule has 0 bridgehead atoms. The van der Waals surface area contributed by atoms with Gasteiger partial charge in [0.05, 0.1) is 0 Å². The zero-order valence-electron chi connectivity index (χ0n) is 9.28. The SMILES string of the molecule is C#C[C@@]1(O)[C@H](O)C(=C)O[C@H]1N1C=CC(=O)NC1O. The van der Waals surface area contributed by atoms with Gasteiger partial charge in [-0.1, -0.05) is 12.5 Å². The highest BCUT2D eigenvalue weighted by atomic mass is 16.6. The summed E-state index contributed by atoms with van der Waals surface area (Å²) in [5.74, 6) is 1.41. The Labute approximate surface area is 103 Å². The lowest BCUT2D eigenvalue weighted by atomic mass is 9.96. The second-order valence-corrected chi connectivity index (χ2v) is 3.95. The predicted octanol–water partition coefficient (Wildman–Crippen LogP) is -2.20. The van der Waals surface area contributed by atoms with E-state index in [9.17, 15) is 20.1 Å². The van der Waals surface area contributed by atoms with E-state index in [1.165, 1.54) is 6.20 Å². The molecule has 0 radical (unpaired) electrons. The van der Waals surface area contributed by atoms with Crippen LogP contribution in [0.3, 0.4) is 0 Å². The Kier molecular flexibility index (Phi) is 2.78. The van der Waals surface area contributed by atoms with Crippen LogP contribution in [0.1, 0.15) is 0 Å². The second-order valence-electron chi connectivity index (χ2n) is 3.95. The molecule has 2 aliphatic rings. The number of ether oxygens (including phenoxy) is 1. The molecule has 4 N–H and O–H groups in total. The monoisotopic (exact) mass is 252 g/mol. The Balaban J connectivity index is 2.34. The first-order valence-electron chi connectivity index (χ1n) is 5.08. The lowest BCUT2D eigenvalue weighted by Crippen LogP contribution is -2.60. The lowest BCUT2D eigenvalue weighted by molar-refractivity contribution is -0.155. The minimum atomic E-state index is -2.07. The zero-order valence-corrected chi connectivity index (χ0v) is 9.28. The van der Waals surface area contributed by atoms with E-state index >= 15 is 0 Å². The summed E-state index contributed by atoms with van der Waals surface area (Å²) >= 11 is 0. The first-order valence-corrected chi connectivity index (χ1v) is 5.08. The summed E-state index contributed by atoms with van der Waals surface area (Å²) < 4.78 is 5.15.